The largest absolute Gasteiger partial charge is 1.00 e. The van der Waals surface area contributed by atoms with Crippen LogP contribution < -0.4 is 29.6 Å². The van der Waals surface area contributed by atoms with E-state index in [1.165, 1.54) is 57.8 Å². The van der Waals surface area contributed by atoms with Gasteiger partial charge in [-0.15, -0.1) is 0 Å². The SMILES string of the molecule is CCCCCCCCCCCCO.OCCOCCO.[H-].[Na+]. The first kappa shape index (κ1) is 26.7. The topological polar surface area (TPSA) is 69.9 Å². The molecule has 21 heavy (non-hydrogen) atoms. The predicted molar refractivity (Wildman–Crippen MR) is 85.0 cm³/mol. The van der Waals surface area contributed by atoms with Gasteiger partial charge in [-0.25, -0.2) is 0 Å². The Kier molecular flexibility index (Phi) is 36.8. The van der Waals surface area contributed by atoms with Crippen molar-refractivity contribution >= 4 is 0 Å². The Hall–Kier alpha value is 0.840. The van der Waals surface area contributed by atoms with Gasteiger partial charge in [0, 0.05) is 6.61 Å². The number of ether oxygens (including phenoxy) is 1. The molecule has 0 spiro atoms. The van der Waals surface area contributed by atoms with Crippen LogP contribution >= 0.6 is 0 Å². The molecule has 0 saturated carbocycles. The van der Waals surface area contributed by atoms with Crippen LogP contribution in [0.25, 0.3) is 0 Å². The summed E-state index contributed by atoms with van der Waals surface area (Å²) in [6.45, 7) is 3.33. The minimum absolute atomic E-state index is 0. The van der Waals surface area contributed by atoms with Crippen molar-refractivity contribution in [1.29, 1.82) is 0 Å². The molecule has 3 N–H and O–H groups in total. The van der Waals surface area contributed by atoms with Crippen LogP contribution in [0.3, 0.4) is 0 Å². The van der Waals surface area contributed by atoms with Crippen LogP contribution in [0.4, 0.5) is 0 Å². The Morgan fingerprint density at radius 1 is 0.619 bits per heavy atom. The Labute approximate surface area is 155 Å². The molecule has 126 valence electrons. The second-order valence-electron chi connectivity index (χ2n) is 4.97. The molecule has 0 heterocycles. The maximum Gasteiger partial charge on any atom is 1.00 e. The predicted octanol–water partition coefficient (Wildman–Crippen LogP) is 0.00370. The van der Waals surface area contributed by atoms with Crippen molar-refractivity contribution < 1.29 is 51.0 Å². The molecule has 0 aliphatic carbocycles. The molecule has 0 amide bonds. The fraction of sp³-hybridized carbons (Fsp3) is 1.00. The molecule has 0 aliphatic heterocycles. The first-order chi connectivity index (χ1) is 9.83. The van der Waals surface area contributed by atoms with E-state index in [1.54, 1.807) is 0 Å². The summed E-state index contributed by atoms with van der Waals surface area (Å²) in [5.41, 5.74) is 0. The average molecular weight is 316 g/mol. The van der Waals surface area contributed by atoms with E-state index in [4.69, 9.17) is 15.3 Å². The van der Waals surface area contributed by atoms with Crippen molar-refractivity contribution in [2.75, 3.05) is 33.0 Å². The zero-order chi connectivity index (χ0) is 15.3. The molecule has 0 unspecified atom stereocenters. The zero-order valence-electron chi connectivity index (χ0n) is 15.4. The van der Waals surface area contributed by atoms with Gasteiger partial charge in [0.25, 0.3) is 0 Å². The van der Waals surface area contributed by atoms with E-state index < -0.39 is 0 Å². The quantitative estimate of drug-likeness (QED) is 0.312. The van der Waals surface area contributed by atoms with Crippen LogP contribution in [0.1, 0.15) is 72.6 Å². The van der Waals surface area contributed by atoms with E-state index in [0.717, 1.165) is 6.42 Å². The maximum absolute atomic E-state index is 8.57. The van der Waals surface area contributed by atoms with Gasteiger partial charge in [-0.1, -0.05) is 64.7 Å². The van der Waals surface area contributed by atoms with Crippen LogP contribution in [0, 0.1) is 0 Å². The Bertz CT molecular complexity index is 140. The van der Waals surface area contributed by atoms with Crippen LogP contribution in [0.5, 0.6) is 0 Å². The molecule has 0 aromatic rings. The summed E-state index contributed by atoms with van der Waals surface area (Å²) in [6, 6.07) is 0. The number of hydrogen-bond donors (Lipinski definition) is 3. The van der Waals surface area contributed by atoms with Gasteiger partial charge >= 0.3 is 29.6 Å². The smallest absolute Gasteiger partial charge is 1.00 e. The third-order valence-electron chi connectivity index (χ3n) is 2.98. The number of rotatable bonds is 14. The van der Waals surface area contributed by atoms with Gasteiger partial charge in [-0.05, 0) is 6.42 Å². The number of aliphatic hydroxyl groups excluding tert-OH is 3. The number of unbranched alkanes of at least 4 members (excludes halogenated alkanes) is 9. The van der Waals surface area contributed by atoms with Gasteiger partial charge in [-0.3, -0.25) is 0 Å². The van der Waals surface area contributed by atoms with Gasteiger partial charge in [0.05, 0.1) is 26.4 Å². The first-order valence-corrected chi connectivity index (χ1v) is 8.23. The summed E-state index contributed by atoms with van der Waals surface area (Å²) in [5, 5.41) is 24.7. The van der Waals surface area contributed by atoms with Crippen molar-refractivity contribution in [2.45, 2.75) is 71.1 Å². The van der Waals surface area contributed by atoms with Gasteiger partial charge in [-0.2, -0.15) is 0 Å². The third kappa shape index (κ3) is 33.6. The maximum atomic E-state index is 8.57. The Morgan fingerprint density at radius 2 is 1.00 bits per heavy atom. The number of hydrogen-bond acceptors (Lipinski definition) is 4. The molecule has 0 atom stereocenters. The van der Waals surface area contributed by atoms with Crippen LogP contribution in [-0.4, -0.2) is 48.4 Å². The molecule has 4 nitrogen and oxygen atoms in total. The molecule has 5 heteroatoms. The van der Waals surface area contributed by atoms with Crippen molar-refractivity contribution in [2.24, 2.45) is 0 Å². The van der Waals surface area contributed by atoms with E-state index in [9.17, 15) is 0 Å². The monoisotopic (exact) mass is 316 g/mol. The second-order valence-corrected chi connectivity index (χ2v) is 4.97. The zero-order valence-corrected chi connectivity index (χ0v) is 16.4. The molecule has 0 bridgehead atoms. The minimum Gasteiger partial charge on any atom is -1.00 e. The van der Waals surface area contributed by atoms with E-state index in [1.807, 2.05) is 0 Å². The van der Waals surface area contributed by atoms with Crippen molar-refractivity contribution in [3.8, 4) is 0 Å². The molecule has 0 rings (SSSR count). The molecule has 0 aliphatic rings. The fourth-order valence-corrected chi connectivity index (χ4v) is 1.83. The minimum atomic E-state index is 0. The first-order valence-electron chi connectivity index (χ1n) is 8.23. The van der Waals surface area contributed by atoms with Crippen LogP contribution in [-0.2, 0) is 4.74 Å². The van der Waals surface area contributed by atoms with Crippen molar-refractivity contribution in [3.05, 3.63) is 0 Å². The normalized spacial score (nSPS) is 9.71. The molecule has 0 saturated heterocycles. The summed E-state index contributed by atoms with van der Waals surface area (Å²) in [7, 11) is 0. The summed E-state index contributed by atoms with van der Waals surface area (Å²) in [4.78, 5) is 0. The fourth-order valence-electron chi connectivity index (χ4n) is 1.83. The van der Waals surface area contributed by atoms with Gasteiger partial charge in [0.2, 0.25) is 0 Å². The van der Waals surface area contributed by atoms with Crippen molar-refractivity contribution in [3.63, 3.8) is 0 Å². The Balaban J connectivity index is -0.000000156. The van der Waals surface area contributed by atoms with E-state index in [2.05, 4.69) is 11.7 Å². The summed E-state index contributed by atoms with van der Waals surface area (Å²) >= 11 is 0. The van der Waals surface area contributed by atoms with E-state index in [-0.39, 0.29) is 44.2 Å². The van der Waals surface area contributed by atoms with Gasteiger partial charge in [0.15, 0.2) is 0 Å². The average Bonchev–Trinajstić information content (AvgIpc) is 2.47. The van der Waals surface area contributed by atoms with E-state index >= 15 is 0 Å². The molecule has 0 radical (unpaired) electrons. The van der Waals surface area contributed by atoms with Crippen LogP contribution in [0.2, 0.25) is 0 Å². The Morgan fingerprint density at radius 3 is 1.33 bits per heavy atom. The van der Waals surface area contributed by atoms with Gasteiger partial charge < -0.3 is 21.5 Å². The van der Waals surface area contributed by atoms with Crippen LogP contribution in [0.15, 0.2) is 0 Å². The van der Waals surface area contributed by atoms with E-state index in [0.29, 0.717) is 19.8 Å². The van der Waals surface area contributed by atoms with Crippen molar-refractivity contribution in [1.82, 2.24) is 0 Å². The molecular weight excluding hydrogens is 279 g/mol. The summed E-state index contributed by atoms with van der Waals surface area (Å²) in [6.07, 6.45) is 13.3. The summed E-state index contributed by atoms with van der Waals surface area (Å²) in [5.74, 6) is 0. The molecule has 0 aromatic carbocycles. The second kappa shape index (κ2) is 28.9. The molecule has 0 aromatic heterocycles. The standard InChI is InChI=1S/C12H26O.C4H10O3.Na.H/c1-2-3-4-5-6-7-8-9-10-11-12-13;5-1-3-7-4-2-6;;/h13H,2-12H2,1H3;5-6H,1-4H2;;/q;;+1;-1. The third-order valence-corrected chi connectivity index (χ3v) is 2.98. The molecule has 0 fully saturated rings. The summed E-state index contributed by atoms with van der Waals surface area (Å²) < 4.78 is 4.63. The van der Waals surface area contributed by atoms with Gasteiger partial charge in [0.1, 0.15) is 0 Å². The number of aliphatic hydroxyl groups is 3. The molecular formula is C16H37NaO4.